The van der Waals surface area contributed by atoms with Crippen LogP contribution in [0.5, 0.6) is 5.75 Å². The van der Waals surface area contributed by atoms with E-state index in [2.05, 4.69) is 11.4 Å². The van der Waals surface area contributed by atoms with Crippen LogP contribution in [-0.4, -0.2) is 35.0 Å². The number of aromatic hydroxyl groups is 1. The predicted octanol–water partition coefficient (Wildman–Crippen LogP) is 3.20. The summed E-state index contributed by atoms with van der Waals surface area (Å²) in [5.41, 5.74) is 1.82. The molecule has 0 saturated carbocycles. The van der Waals surface area contributed by atoms with Gasteiger partial charge in [0.1, 0.15) is 5.75 Å². The number of nitrogens with one attached hydrogen (secondary N) is 1. The van der Waals surface area contributed by atoms with Crippen LogP contribution in [-0.2, 0) is 6.54 Å². The summed E-state index contributed by atoms with van der Waals surface area (Å²) in [5.74, 6) is 0.397. The maximum absolute atomic E-state index is 12.7. The average Bonchev–Trinajstić information content (AvgIpc) is 3.06. The Bertz CT molecular complexity index is 975. The number of phenolic OH excluding ortho intramolecular Hbond substituents is 1. The fourth-order valence-electron chi connectivity index (χ4n) is 3.53. The van der Waals surface area contributed by atoms with Gasteiger partial charge in [-0.2, -0.15) is 0 Å². The number of carbonyl (C=O) groups excluding carboxylic acids is 1. The number of thiophene rings is 1. The standard InChI is InChI=1S/C19H16N2O2S/c22-13-5-11-3-1-2-4-14(11)15(6-13)17-7-16-18(24-17)10-21(19(16)23)12-8-20-9-12/h1-7,12,20,22H,8-10H2. The van der Waals surface area contributed by atoms with E-state index in [1.54, 1.807) is 23.5 Å². The van der Waals surface area contributed by atoms with Gasteiger partial charge in [-0.1, -0.05) is 24.3 Å². The number of hydrogen-bond acceptors (Lipinski definition) is 4. The summed E-state index contributed by atoms with van der Waals surface area (Å²) in [5, 5.41) is 15.4. The molecule has 1 saturated heterocycles. The second-order valence-electron chi connectivity index (χ2n) is 6.41. The molecule has 0 unspecified atom stereocenters. The molecule has 1 amide bonds. The summed E-state index contributed by atoms with van der Waals surface area (Å²) in [4.78, 5) is 16.8. The lowest BCUT2D eigenvalue weighted by Crippen LogP contribution is -2.57. The van der Waals surface area contributed by atoms with Crippen molar-refractivity contribution in [1.29, 1.82) is 0 Å². The number of carbonyl (C=O) groups is 1. The molecule has 2 aliphatic rings. The van der Waals surface area contributed by atoms with Gasteiger partial charge in [0.15, 0.2) is 0 Å². The summed E-state index contributed by atoms with van der Waals surface area (Å²) in [6.07, 6.45) is 0. The Balaban J connectivity index is 1.59. The van der Waals surface area contributed by atoms with Crippen molar-refractivity contribution in [2.75, 3.05) is 13.1 Å². The lowest BCUT2D eigenvalue weighted by atomic mass is 10.0. The van der Waals surface area contributed by atoms with E-state index in [4.69, 9.17) is 0 Å². The van der Waals surface area contributed by atoms with Crippen LogP contribution >= 0.6 is 11.3 Å². The molecule has 2 aliphatic heterocycles. The Morgan fingerprint density at radius 1 is 1.12 bits per heavy atom. The maximum atomic E-state index is 12.7. The highest BCUT2D eigenvalue weighted by Crippen LogP contribution is 2.41. The molecule has 2 N–H and O–H groups in total. The average molecular weight is 336 g/mol. The van der Waals surface area contributed by atoms with Crippen LogP contribution < -0.4 is 5.32 Å². The Labute approximate surface area is 143 Å². The molecule has 0 spiro atoms. The first-order valence-electron chi connectivity index (χ1n) is 8.07. The highest BCUT2D eigenvalue weighted by atomic mass is 32.1. The lowest BCUT2D eigenvalue weighted by Gasteiger charge is -2.35. The predicted molar refractivity (Wildman–Crippen MR) is 95.5 cm³/mol. The third kappa shape index (κ3) is 1.98. The Morgan fingerprint density at radius 2 is 1.96 bits per heavy atom. The van der Waals surface area contributed by atoms with E-state index < -0.39 is 0 Å². The number of amides is 1. The smallest absolute Gasteiger partial charge is 0.255 e. The molecule has 0 aliphatic carbocycles. The number of benzene rings is 2. The summed E-state index contributed by atoms with van der Waals surface area (Å²) in [7, 11) is 0. The Morgan fingerprint density at radius 3 is 2.71 bits per heavy atom. The van der Waals surface area contributed by atoms with Gasteiger partial charge in [-0.3, -0.25) is 4.79 Å². The van der Waals surface area contributed by atoms with E-state index in [0.717, 1.165) is 44.7 Å². The number of phenols is 1. The lowest BCUT2D eigenvalue weighted by molar-refractivity contribution is 0.0642. The zero-order chi connectivity index (χ0) is 16.3. The molecular formula is C19H16N2O2S. The molecule has 24 heavy (non-hydrogen) atoms. The van der Waals surface area contributed by atoms with Crippen LogP contribution in [0.15, 0.2) is 42.5 Å². The minimum atomic E-state index is 0.142. The molecule has 120 valence electrons. The molecule has 1 aromatic heterocycles. The molecule has 0 atom stereocenters. The van der Waals surface area contributed by atoms with Crippen LogP contribution in [0.25, 0.3) is 21.2 Å². The van der Waals surface area contributed by atoms with Gasteiger partial charge in [0.2, 0.25) is 0 Å². The van der Waals surface area contributed by atoms with E-state index in [1.807, 2.05) is 29.2 Å². The SMILES string of the molecule is O=C1c2cc(-c3cc(O)cc4ccccc34)sc2CN1C1CNC1. The topological polar surface area (TPSA) is 52.6 Å². The third-order valence-electron chi connectivity index (χ3n) is 4.93. The van der Waals surface area contributed by atoms with E-state index in [0.29, 0.717) is 12.6 Å². The van der Waals surface area contributed by atoms with Gasteiger partial charge in [0.25, 0.3) is 5.91 Å². The molecular weight excluding hydrogens is 320 g/mol. The number of rotatable bonds is 2. The van der Waals surface area contributed by atoms with Crippen molar-refractivity contribution < 1.29 is 9.90 Å². The number of hydrogen-bond donors (Lipinski definition) is 2. The first-order chi connectivity index (χ1) is 11.7. The largest absolute Gasteiger partial charge is 0.508 e. The summed E-state index contributed by atoms with van der Waals surface area (Å²) in [6, 6.07) is 13.9. The van der Waals surface area contributed by atoms with Gasteiger partial charge < -0.3 is 15.3 Å². The zero-order valence-electron chi connectivity index (χ0n) is 13.0. The summed E-state index contributed by atoms with van der Waals surface area (Å²) >= 11 is 1.66. The van der Waals surface area contributed by atoms with Gasteiger partial charge >= 0.3 is 0 Å². The molecule has 4 nitrogen and oxygen atoms in total. The molecule has 5 rings (SSSR count). The minimum absolute atomic E-state index is 0.142. The van der Waals surface area contributed by atoms with Crippen molar-refractivity contribution in [3.63, 3.8) is 0 Å². The second kappa shape index (κ2) is 5.06. The van der Waals surface area contributed by atoms with E-state index >= 15 is 0 Å². The van der Waals surface area contributed by atoms with Gasteiger partial charge in [-0.25, -0.2) is 0 Å². The third-order valence-corrected chi connectivity index (χ3v) is 6.08. The Hall–Kier alpha value is -2.37. The van der Waals surface area contributed by atoms with Crippen molar-refractivity contribution in [2.45, 2.75) is 12.6 Å². The van der Waals surface area contributed by atoms with Gasteiger partial charge in [-0.15, -0.1) is 11.3 Å². The first kappa shape index (κ1) is 14.0. The van der Waals surface area contributed by atoms with E-state index in [1.165, 1.54) is 0 Å². The van der Waals surface area contributed by atoms with Crippen molar-refractivity contribution >= 4 is 28.0 Å². The molecule has 3 heterocycles. The van der Waals surface area contributed by atoms with Crippen molar-refractivity contribution in [3.05, 3.63) is 52.9 Å². The molecule has 2 aromatic carbocycles. The first-order valence-corrected chi connectivity index (χ1v) is 8.89. The van der Waals surface area contributed by atoms with Crippen LogP contribution in [0.1, 0.15) is 15.2 Å². The monoisotopic (exact) mass is 336 g/mol. The number of nitrogens with zero attached hydrogens (tertiary/aromatic N) is 1. The molecule has 3 aromatic rings. The quantitative estimate of drug-likeness (QED) is 0.756. The summed E-state index contributed by atoms with van der Waals surface area (Å²) < 4.78 is 0. The fourth-order valence-corrected chi connectivity index (χ4v) is 4.71. The van der Waals surface area contributed by atoms with Crippen molar-refractivity contribution in [3.8, 4) is 16.2 Å². The van der Waals surface area contributed by atoms with E-state index in [-0.39, 0.29) is 11.7 Å². The van der Waals surface area contributed by atoms with E-state index in [9.17, 15) is 9.90 Å². The molecule has 5 heteroatoms. The zero-order valence-corrected chi connectivity index (χ0v) is 13.8. The minimum Gasteiger partial charge on any atom is -0.508 e. The Kier molecular flexibility index (Phi) is 2.96. The summed E-state index contributed by atoms with van der Waals surface area (Å²) in [6.45, 7) is 2.50. The normalized spacial score (nSPS) is 17.3. The van der Waals surface area contributed by atoms with Crippen LogP contribution in [0.4, 0.5) is 0 Å². The van der Waals surface area contributed by atoms with Gasteiger partial charge in [0.05, 0.1) is 18.2 Å². The van der Waals surface area contributed by atoms with Crippen LogP contribution in [0.2, 0.25) is 0 Å². The highest BCUT2D eigenvalue weighted by Gasteiger charge is 2.37. The van der Waals surface area contributed by atoms with Gasteiger partial charge in [-0.05, 0) is 29.0 Å². The van der Waals surface area contributed by atoms with Gasteiger partial charge in [0, 0.05) is 28.4 Å². The van der Waals surface area contributed by atoms with Crippen molar-refractivity contribution in [1.82, 2.24) is 10.2 Å². The fraction of sp³-hybridized carbons (Fsp3) is 0.211. The number of fused-ring (bicyclic) bond motifs is 2. The maximum Gasteiger partial charge on any atom is 0.255 e. The molecule has 0 bridgehead atoms. The molecule has 1 fully saturated rings. The highest BCUT2D eigenvalue weighted by molar-refractivity contribution is 7.16. The van der Waals surface area contributed by atoms with Crippen LogP contribution in [0, 0.1) is 0 Å². The second-order valence-corrected chi connectivity index (χ2v) is 7.54. The van der Waals surface area contributed by atoms with Crippen molar-refractivity contribution in [2.24, 2.45) is 0 Å². The van der Waals surface area contributed by atoms with Crippen LogP contribution in [0.3, 0.4) is 0 Å². The molecule has 0 radical (unpaired) electrons.